The van der Waals surface area contributed by atoms with Gasteiger partial charge in [-0.15, -0.1) is 0 Å². The molecule has 3 rings (SSSR count). The molecular formula is C22H36N4O. The number of nitrogens with one attached hydrogen (secondary N) is 2. The monoisotopic (exact) mass is 372 g/mol. The summed E-state index contributed by atoms with van der Waals surface area (Å²) in [6, 6.07) is 8.18. The van der Waals surface area contributed by atoms with E-state index >= 15 is 0 Å². The molecule has 5 nitrogen and oxygen atoms in total. The van der Waals surface area contributed by atoms with Crippen molar-refractivity contribution < 1.29 is 4.79 Å². The lowest BCUT2D eigenvalue weighted by molar-refractivity contribution is 0.164. The van der Waals surface area contributed by atoms with Crippen molar-refractivity contribution in [3.05, 3.63) is 29.8 Å². The van der Waals surface area contributed by atoms with E-state index in [9.17, 15) is 4.79 Å². The molecule has 1 aliphatic carbocycles. The highest BCUT2D eigenvalue weighted by Crippen LogP contribution is 2.29. The van der Waals surface area contributed by atoms with E-state index < -0.39 is 0 Å². The molecule has 27 heavy (non-hydrogen) atoms. The van der Waals surface area contributed by atoms with Crippen molar-refractivity contribution in [2.24, 2.45) is 11.8 Å². The molecule has 1 heterocycles. The summed E-state index contributed by atoms with van der Waals surface area (Å²) in [5.74, 6) is 1.59. The molecule has 1 aromatic carbocycles. The van der Waals surface area contributed by atoms with Gasteiger partial charge in [0.2, 0.25) is 0 Å². The van der Waals surface area contributed by atoms with Crippen LogP contribution in [0.25, 0.3) is 0 Å². The van der Waals surface area contributed by atoms with Gasteiger partial charge in [-0.2, -0.15) is 0 Å². The molecule has 2 N–H and O–H groups in total. The van der Waals surface area contributed by atoms with Crippen LogP contribution in [0.3, 0.4) is 0 Å². The summed E-state index contributed by atoms with van der Waals surface area (Å²) in [5, 5.41) is 6.75. The second-order valence-electron chi connectivity index (χ2n) is 8.38. The summed E-state index contributed by atoms with van der Waals surface area (Å²) in [6.07, 6.45) is 6.99. The third-order valence-corrected chi connectivity index (χ3v) is 6.29. The quantitative estimate of drug-likeness (QED) is 0.799. The van der Waals surface area contributed by atoms with Crippen molar-refractivity contribution in [3.8, 4) is 0 Å². The number of amides is 2. The molecule has 0 spiro atoms. The van der Waals surface area contributed by atoms with Crippen molar-refractivity contribution in [2.45, 2.75) is 45.6 Å². The summed E-state index contributed by atoms with van der Waals surface area (Å²) in [6.45, 7) is 7.69. The minimum atomic E-state index is 0.0196. The van der Waals surface area contributed by atoms with Gasteiger partial charge in [-0.1, -0.05) is 57.2 Å². The van der Waals surface area contributed by atoms with Gasteiger partial charge in [0, 0.05) is 38.4 Å². The lowest BCUT2D eigenvalue weighted by Gasteiger charge is -2.32. The molecule has 1 atom stereocenters. The number of benzene rings is 1. The van der Waals surface area contributed by atoms with Crippen LogP contribution in [0.5, 0.6) is 0 Å². The molecule has 0 radical (unpaired) electrons. The summed E-state index contributed by atoms with van der Waals surface area (Å²) >= 11 is 0. The first-order valence-corrected chi connectivity index (χ1v) is 10.7. The van der Waals surface area contributed by atoms with Crippen LogP contribution >= 0.6 is 0 Å². The molecule has 5 heteroatoms. The maximum Gasteiger partial charge on any atom is 0.321 e. The van der Waals surface area contributed by atoms with Crippen molar-refractivity contribution in [1.29, 1.82) is 0 Å². The van der Waals surface area contributed by atoms with E-state index in [-0.39, 0.29) is 6.03 Å². The zero-order valence-electron chi connectivity index (χ0n) is 17.0. The van der Waals surface area contributed by atoms with Crippen LogP contribution in [0, 0.1) is 11.8 Å². The molecular weight excluding hydrogens is 336 g/mol. The van der Waals surface area contributed by atoms with Crippen molar-refractivity contribution in [2.75, 3.05) is 45.1 Å². The fourth-order valence-corrected chi connectivity index (χ4v) is 4.30. The Morgan fingerprint density at radius 1 is 1.11 bits per heavy atom. The molecule has 1 saturated carbocycles. The number of urea groups is 1. The molecule has 2 fully saturated rings. The largest absolute Gasteiger partial charge is 0.322 e. The fraction of sp³-hybridized carbons (Fsp3) is 0.682. The first-order valence-electron chi connectivity index (χ1n) is 10.7. The number of hydrogen-bond donors (Lipinski definition) is 2. The van der Waals surface area contributed by atoms with Gasteiger partial charge in [-0.25, -0.2) is 4.79 Å². The molecule has 1 unspecified atom stereocenters. The van der Waals surface area contributed by atoms with Gasteiger partial charge in [-0.05, 0) is 37.1 Å². The van der Waals surface area contributed by atoms with Crippen LogP contribution in [0.15, 0.2) is 24.3 Å². The molecule has 0 bridgehead atoms. The number of para-hydroxylation sites is 1. The van der Waals surface area contributed by atoms with E-state index in [1.54, 1.807) is 0 Å². The number of rotatable bonds is 6. The zero-order valence-corrected chi connectivity index (χ0v) is 17.0. The second-order valence-corrected chi connectivity index (χ2v) is 8.38. The predicted octanol–water partition coefficient (Wildman–Crippen LogP) is 3.77. The summed E-state index contributed by atoms with van der Waals surface area (Å²) in [4.78, 5) is 16.8. The Labute approximate surface area is 164 Å². The van der Waals surface area contributed by atoms with Gasteiger partial charge in [0.05, 0.1) is 0 Å². The number of carbonyl (C=O) groups excluding carboxylic acids is 1. The van der Waals surface area contributed by atoms with E-state index in [2.05, 4.69) is 35.6 Å². The van der Waals surface area contributed by atoms with Gasteiger partial charge in [-0.3, -0.25) is 0 Å². The van der Waals surface area contributed by atoms with Crippen molar-refractivity contribution in [3.63, 3.8) is 0 Å². The first kappa shape index (κ1) is 20.2. The minimum Gasteiger partial charge on any atom is -0.322 e. The third kappa shape index (κ3) is 5.94. The number of carbonyl (C=O) groups is 1. The van der Waals surface area contributed by atoms with Crippen molar-refractivity contribution in [1.82, 2.24) is 15.1 Å². The van der Waals surface area contributed by atoms with Gasteiger partial charge in [0.25, 0.3) is 0 Å². The highest BCUT2D eigenvalue weighted by Gasteiger charge is 2.21. The van der Waals surface area contributed by atoms with Gasteiger partial charge in [0.15, 0.2) is 0 Å². The molecule has 1 aromatic rings. The maximum atomic E-state index is 12.6. The molecule has 150 valence electrons. The Hall–Kier alpha value is -1.59. The minimum absolute atomic E-state index is 0.0196. The van der Waals surface area contributed by atoms with Crippen LogP contribution in [0.2, 0.25) is 0 Å². The smallest absolute Gasteiger partial charge is 0.321 e. The van der Waals surface area contributed by atoms with E-state index in [4.69, 9.17) is 0 Å². The van der Waals surface area contributed by atoms with Gasteiger partial charge in [0.1, 0.15) is 0 Å². The van der Waals surface area contributed by atoms with Crippen LogP contribution in [-0.2, 0) is 6.54 Å². The molecule has 0 aromatic heterocycles. The van der Waals surface area contributed by atoms with Crippen molar-refractivity contribution >= 4 is 11.7 Å². The number of piperazine rings is 1. The topological polar surface area (TPSA) is 47.6 Å². The average Bonchev–Trinajstić information content (AvgIpc) is 2.70. The van der Waals surface area contributed by atoms with E-state index in [1.165, 1.54) is 32.1 Å². The van der Waals surface area contributed by atoms with Crippen LogP contribution < -0.4 is 10.6 Å². The Morgan fingerprint density at radius 2 is 1.81 bits per heavy atom. The average molecular weight is 373 g/mol. The van der Waals surface area contributed by atoms with Crippen LogP contribution in [0.4, 0.5) is 10.5 Å². The van der Waals surface area contributed by atoms with E-state index in [0.717, 1.165) is 62.4 Å². The maximum absolute atomic E-state index is 12.6. The summed E-state index contributed by atoms with van der Waals surface area (Å²) in [5.41, 5.74) is 2.09. The Bertz CT molecular complexity index is 592. The van der Waals surface area contributed by atoms with E-state index in [0.29, 0.717) is 0 Å². The van der Waals surface area contributed by atoms with Crippen LogP contribution in [0.1, 0.15) is 44.6 Å². The molecule has 1 aliphatic heterocycles. The fourth-order valence-electron chi connectivity index (χ4n) is 4.30. The number of likely N-dealkylation sites (N-methyl/N-ethyl adjacent to an activating group) is 1. The van der Waals surface area contributed by atoms with Crippen LogP contribution in [-0.4, -0.2) is 55.6 Å². The van der Waals surface area contributed by atoms with Gasteiger partial charge >= 0.3 is 6.03 Å². The van der Waals surface area contributed by atoms with E-state index in [1.807, 2.05) is 23.1 Å². The summed E-state index contributed by atoms with van der Waals surface area (Å²) < 4.78 is 0. The van der Waals surface area contributed by atoms with Gasteiger partial charge < -0.3 is 20.4 Å². The SMILES string of the molecule is CC(CNCc1ccccc1NC(=O)N1CCN(C)CC1)C1CCCCC1. The molecule has 2 amide bonds. The first-order chi connectivity index (χ1) is 13.1. The lowest BCUT2D eigenvalue weighted by atomic mass is 9.81. The molecule has 1 saturated heterocycles. The Kier molecular flexibility index (Phi) is 7.53. The lowest BCUT2D eigenvalue weighted by Crippen LogP contribution is -2.48. The number of hydrogen-bond acceptors (Lipinski definition) is 3. The number of anilines is 1. The second kappa shape index (κ2) is 10.1. The summed E-state index contributed by atoms with van der Waals surface area (Å²) in [7, 11) is 2.10. The normalized spacial score (nSPS) is 20.4. The highest BCUT2D eigenvalue weighted by molar-refractivity contribution is 5.90. The predicted molar refractivity (Wildman–Crippen MR) is 112 cm³/mol. The Balaban J connectivity index is 1.49. The standard InChI is InChI=1S/C22H36N4O/c1-18(19-8-4-3-5-9-19)16-23-17-20-10-6-7-11-21(20)24-22(27)26-14-12-25(2)13-15-26/h6-7,10-11,18-19,23H,3-5,8-9,12-17H2,1-2H3,(H,24,27). The Morgan fingerprint density at radius 3 is 2.56 bits per heavy atom. The third-order valence-electron chi connectivity index (χ3n) is 6.29. The highest BCUT2D eigenvalue weighted by atomic mass is 16.2. The number of nitrogens with zero attached hydrogens (tertiary/aromatic N) is 2. The zero-order chi connectivity index (χ0) is 19.1. The molecule has 2 aliphatic rings.